The molecule has 0 radical (unpaired) electrons. The van der Waals surface area contributed by atoms with Crippen molar-refractivity contribution in [3.05, 3.63) is 101 Å². The lowest BCUT2D eigenvalue weighted by atomic mass is 9.93. The van der Waals surface area contributed by atoms with E-state index in [2.05, 4.69) is 5.16 Å². The van der Waals surface area contributed by atoms with Gasteiger partial charge in [-0.3, -0.25) is 4.79 Å². The maximum atomic E-state index is 12.8. The fraction of sp³-hybridized carbons (Fsp3) is 0.290. The van der Waals surface area contributed by atoms with Gasteiger partial charge < -0.3 is 14.4 Å². The predicted octanol–water partition coefficient (Wildman–Crippen LogP) is 5.39. The first-order valence-corrected chi connectivity index (χ1v) is 14.7. The Morgan fingerprint density at radius 2 is 1.56 bits per heavy atom. The van der Waals surface area contributed by atoms with E-state index < -0.39 is 20.7 Å². The van der Waals surface area contributed by atoms with Crippen molar-refractivity contribution in [1.82, 2.24) is 5.16 Å². The van der Waals surface area contributed by atoms with Gasteiger partial charge >= 0.3 is 5.97 Å². The number of aliphatic hydroxyl groups is 1. The number of carbonyl (C=O) groups is 1. The molecule has 0 amide bonds. The van der Waals surface area contributed by atoms with E-state index in [-0.39, 0.29) is 18.1 Å². The van der Waals surface area contributed by atoms with Crippen molar-refractivity contribution in [3.63, 3.8) is 0 Å². The van der Waals surface area contributed by atoms with Crippen LogP contribution in [0.25, 0.3) is 22.5 Å². The monoisotopic (exact) mass is 545 g/mol. The molecule has 5 rings (SSSR count). The molecule has 1 atom stereocenters. The van der Waals surface area contributed by atoms with Gasteiger partial charge in [-0.2, -0.15) is 0 Å². The molecule has 0 aliphatic heterocycles. The summed E-state index contributed by atoms with van der Waals surface area (Å²) in [5, 5.41) is 14.7. The molecule has 8 heteroatoms. The average molecular weight is 546 g/mol. The quantitative estimate of drug-likeness (QED) is 0.266. The average Bonchev–Trinajstić information content (AvgIpc) is 3.68. The normalized spacial score (nSPS) is 15.1. The first kappa shape index (κ1) is 26.8. The van der Waals surface area contributed by atoms with Gasteiger partial charge in [-0.25, -0.2) is 8.42 Å². The minimum Gasteiger partial charge on any atom is -0.465 e. The number of aryl methyl sites for hydroxylation is 1. The highest BCUT2D eigenvalue weighted by Gasteiger charge is 2.52. The summed E-state index contributed by atoms with van der Waals surface area (Å²) in [4.78, 5) is 12.4. The molecule has 1 fully saturated rings. The van der Waals surface area contributed by atoms with E-state index >= 15 is 0 Å². The van der Waals surface area contributed by atoms with Crippen LogP contribution >= 0.6 is 0 Å². The summed E-state index contributed by atoms with van der Waals surface area (Å²) >= 11 is 0. The Morgan fingerprint density at radius 3 is 2.15 bits per heavy atom. The van der Waals surface area contributed by atoms with Crippen molar-refractivity contribution >= 4 is 15.8 Å². The van der Waals surface area contributed by atoms with Gasteiger partial charge in [0.2, 0.25) is 0 Å². The second-order valence-electron chi connectivity index (χ2n) is 9.98. The van der Waals surface area contributed by atoms with E-state index in [9.17, 15) is 18.3 Å². The molecule has 1 aliphatic carbocycles. The standard InChI is InChI=1S/C31H31NO6S/c1-3-37-30(34)31(17-18-31)26-15-13-24(14-16-26)23-9-11-25(12-10-23)29-27(21(2)32-38-29)19-28(33)39(35,36)20-22-7-5-4-6-8-22/h4-16,28,33H,3,17-20H2,1-2H3. The van der Waals surface area contributed by atoms with E-state index in [0.29, 0.717) is 29.2 Å². The first-order valence-electron chi connectivity index (χ1n) is 13.0. The summed E-state index contributed by atoms with van der Waals surface area (Å²) in [6.07, 6.45) is 1.49. The zero-order valence-corrected chi connectivity index (χ0v) is 22.8. The number of nitrogens with zero attached hydrogens (tertiary/aromatic N) is 1. The molecule has 4 aromatic rings. The lowest BCUT2D eigenvalue weighted by molar-refractivity contribution is -0.146. The third-order valence-electron chi connectivity index (χ3n) is 7.32. The molecule has 3 aromatic carbocycles. The van der Waals surface area contributed by atoms with Crippen LogP contribution in [-0.2, 0) is 37.0 Å². The van der Waals surface area contributed by atoms with Crippen LogP contribution in [0.3, 0.4) is 0 Å². The molecular weight excluding hydrogens is 514 g/mol. The van der Waals surface area contributed by atoms with Crippen LogP contribution in [0.2, 0.25) is 0 Å². The highest BCUT2D eigenvalue weighted by atomic mass is 32.2. The lowest BCUT2D eigenvalue weighted by Gasteiger charge is -2.15. The van der Waals surface area contributed by atoms with Gasteiger partial charge in [-0.15, -0.1) is 0 Å². The molecule has 1 unspecified atom stereocenters. The zero-order chi connectivity index (χ0) is 27.6. The molecule has 7 nitrogen and oxygen atoms in total. The highest BCUT2D eigenvalue weighted by molar-refractivity contribution is 7.91. The molecule has 1 aliphatic rings. The molecule has 1 saturated carbocycles. The number of carbonyl (C=O) groups excluding carboxylic acids is 1. The number of benzene rings is 3. The Bertz CT molecular complexity index is 1550. The van der Waals surface area contributed by atoms with Gasteiger partial charge in [-0.05, 0) is 48.9 Å². The third kappa shape index (κ3) is 5.53. The molecular formula is C31H31NO6S. The number of aliphatic hydroxyl groups excluding tert-OH is 1. The number of hydrogen-bond acceptors (Lipinski definition) is 7. The van der Waals surface area contributed by atoms with Crippen molar-refractivity contribution in [2.75, 3.05) is 6.61 Å². The molecule has 0 saturated heterocycles. The van der Waals surface area contributed by atoms with E-state index in [1.807, 2.05) is 61.5 Å². The number of rotatable bonds is 10. The summed E-state index contributed by atoms with van der Waals surface area (Å²) < 4.78 is 36.5. The van der Waals surface area contributed by atoms with E-state index in [4.69, 9.17) is 9.26 Å². The summed E-state index contributed by atoms with van der Waals surface area (Å²) in [5.41, 5.74) is 3.32. The van der Waals surface area contributed by atoms with E-state index in [1.54, 1.807) is 31.2 Å². The number of aromatic nitrogens is 1. The SMILES string of the molecule is CCOC(=O)C1(c2ccc(-c3ccc(-c4onc(C)c4CC(O)S(=O)(=O)Cc4ccccc4)cc3)cc2)CC1. The summed E-state index contributed by atoms with van der Waals surface area (Å²) in [6, 6.07) is 24.5. The Kier molecular flexibility index (Phi) is 7.42. The van der Waals surface area contributed by atoms with Crippen LogP contribution in [-0.4, -0.2) is 36.7 Å². The van der Waals surface area contributed by atoms with Gasteiger partial charge in [-0.1, -0.05) is 84.0 Å². The number of esters is 1. The minimum atomic E-state index is -3.81. The van der Waals surface area contributed by atoms with Crippen LogP contribution in [0.4, 0.5) is 0 Å². The van der Waals surface area contributed by atoms with Crippen molar-refractivity contribution in [1.29, 1.82) is 0 Å². The Morgan fingerprint density at radius 1 is 0.974 bits per heavy atom. The molecule has 0 bridgehead atoms. The van der Waals surface area contributed by atoms with Crippen LogP contribution in [0.5, 0.6) is 0 Å². The first-order chi connectivity index (χ1) is 18.7. The number of sulfone groups is 1. The molecule has 1 aromatic heterocycles. The van der Waals surface area contributed by atoms with Crippen molar-refractivity contribution in [2.45, 2.75) is 49.7 Å². The van der Waals surface area contributed by atoms with Crippen molar-refractivity contribution in [2.24, 2.45) is 0 Å². The van der Waals surface area contributed by atoms with Crippen LogP contribution in [0, 0.1) is 6.92 Å². The molecule has 1 N–H and O–H groups in total. The van der Waals surface area contributed by atoms with Gasteiger partial charge in [0.15, 0.2) is 21.0 Å². The Labute approximate surface area is 228 Å². The van der Waals surface area contributed by atoms with Gasteiger partial charge in [0, 0.05) is 17.5 Å². The summed E-state index contributed by atoms with van der Waals surface area (Å²) in [5.74, 6) is 0.0370. The maximum Gasteiger partial charge on any atom is 0.316 e. The molecule has 0 spiro atoms. The Balaban J connectivity index is 1.32. The highest BCUT2D eigenvalue weighted by Crippen LogP contribution is 2.49. The fourth-order valence-electron chi connectivity index (χ4n) is 4.86. The summed E-state index contributed by atoms with van der Waals surface area (Å²) in [7, 11) is -3.81. The number of hydrogen-bond donors (Lipinski definition) is 1. The minimum absolute atomic E-state index is 0.120. The summed E-state index contributed by atoms with van der Waals surface area (Å²) in [6.45, 7) is 3.93. The maximum absolute atomic E-state index is 12.8. The van der Waals surface area contributed by atoms with Gasteiger partial charge in [0.05, 0.1) is 23.5 Å². The predicted molar refractivity (Wildman–Crippen MR) is 148 cm³/mol. The zero-order valence-electron chi connectivity index (χ0n) is 22.0. The van der Waals surface area contributed by atoms with Crippen LogP contribution in [0.1, 0.15) is 42.1 Å². The third-order valence-corrected chi connectivity index (χ3v) is 9.05. The van der Waals surface area contributed by atoms with Gasteiger partial charge in [0.1, 0.15) is 0 Å². The van der Waals surface area contributed by atoms with Crippen LogP contribution < -0.4 is 0 Å². The Hall–Kier alpha value is -3.75. The lowest BCUT2D eigenvalue weighted by Crippen LogP contribution is -2.25. The topological polar surface area (TPSA) is 107 Å². The second kappa shape index (κ2) is 10.8. The van der Waals surface area contributed by atoms with E-state index in [0.717, 1.165) is 35.1 Å². The van der Waals surface area contributed by atoms with Crippen LogP contribution in [0.15, 0.2) is 83.4 Å². The smallest absolute Gasteiger partial charge is 0.316 e. The largest absolute Gasteiger partial charge is 0.465 e. The van der Waals surface area contributed by atoms with E-state index in [1.165, 1.54) is 0 Å². The second-order valence-corrected chi connectivity index (χ2v) is 12.1. The van der Waals surface area contributed by atoms with Crippen molar-refractivity contribution < 1.29 is 27.6 Å². The number of ether oxygens (including phenoxy) is 1. The van der Waals surface area contributed by atoms with Gasteiger partial charge in [0.25, 0.3) is 0 Å². The van der Waals surface area contributed by atoms with Crippen molar-refractivity contribution in [3.8, 4) is 22.5 Å². The fourth-order valence-corrected chi connectivity index (χ4v) is 6.13. The molecule has 39 heavy (non-hydrogen) atoms. The molecule has 1 heterocycles. The molecule has 202 valence electrons.